The first-order chi connectivity index (χ1) is 10.5. The molecule has 0 aliphatic carbocycles. The van der Waals surface area contributed by atoms with E-state index in [9.17, 15) is 9.59 Å². The molecule has 0 aliphatic heterocycles. The molecule has 0 heterocycles. The van der Waals surface area contributed by atoms with Gasteiger partial charge in [-0.2, -0.15) is 0 Å². The van der Waals surface area contributed by atoms with E-state index in [0.717, 1.165) is 6.29 Å². The molecule has 0 aliphatic rings. The van der Waals surface area contributed by atoms with Gasteiger partial charge in [-0.1, -0.05) is 6.08 Å². The normalized spacial score (nSPS) is 8.73. The van der Waals surface area contributed by atoms with Crippen LogP contribution in [0.3, 0.4) is 0 Å². The van der Waals surface area contributed by atoms with Crippen LogP contribution in [0.5, 0.6) is 0 Å². The van der Waals surface area contributed by atoms with Crippen molar-refractivity contribution in [3.63, 3.8) is 0 Å². The Balaban J connectivity index is -0.000000515. The predicted molar refractivity (Wildman–Crippen MR) is 85.2 cm³/mol. The van der Waals surface area contributed by atoms with Crippen LogP contribution in [0.4, 0.5) is 0 Å². The molecule has 6 N–H and O–H groups in total. The van der Waals surface area contributed by atoms with Crippen LogP contribution in [0, 0.1) is 5.41 Å². The summed E-state index contributed by atoms with van der Waals surface area (Å²) in [6.45, 7) is 0.786. The Bertz CT molecular complexity index is 334. The zero-order valence-corrected chi connectivity index (χ0v) is 13.4. The molecule has 2 amide bonds. The topological polar surface area (TPSA) is 152 Å². The standard InChI is InChI=1S/C10H18N4O2.C2H6O.CH3NO/c1-14(7-3-2-5-11)9(12)10(16)13-6-4-8-15;1-3-2;2-1-3/h3,7-8,12H,2,4-6,11H2,1H3,(H,13,16);1-2H3;1H,(H2,2,3)/b7-3+,12-9?;;. The fourth-order valence-electron chi connectivity index (χ4n) is 0.892. The van der Waals surface area contributed by atoms with Crippen LogP contribution >= 0.6 is 0 Å². The van der Waals surface area contributed by atoms with Gasteiger partial charge in [0.15, 0.2) is 5.84 Å². The number of carbonyl (C=O) groups is 3. The number of ether oxygens (including phenoxy) is 1. The van der Waals surface area contributed by atoms with Gasteiger partial charge in [-0.3, -0.25) is 15.0 Å². The van der Waals surface area contributed by atoms with E-state index in [1.807, 2.05) is 0 Å². The molecule has 0 spiro atoms. The summed E-state index contributed by atoms with van der Waals surface area (Å²) >= 11 is 0. The molecule has 0 aromatic heterocycles. The molecule has 0 saturated heterocycles. The molecule has 0 aromatic rings. The Hall–Kier alpha value is -2.26. The van der Waals surface area contributed by atoms with Gasteiger partial charge >= 0.3 is 0 Å². The summed E-state index contributed by atoms with van der Waals surface area (Å²) in [6.07, 6.45) is 5.33. The largest absolute Gasteiger partial charge is 0.388 e. The zero-order chi connectivity index (χ0) is 17.8. The van der Waals surface area contributed by atoms with Crippen LogP contribution in [-0.2, 0) is 19.1 Å². The van der Waals surface area contributed by atoms with Crippen molar-refractivity contribution in [2.24, 2.45) is 11.5 Å². The number of carbonyl (C=O) groups excluding carboxylic acids is 3. The molecular weight excluding hydrogens is 290 g/mol. The highest BCUT2D eigenvalue weighted by atomic mass is 16.4. The minimum absolute atomic E-state index is 0.167. The van der Waals surface area contributed by atoms with Gasteiger partial charge in [0.2, 0.25) is 6.41 Å². The van der Waals surface area contributed by atoms with Crippen LogP contribution in [-0.4, -0.2) is 63.7 Å². The Morgan fingerprint density at radius 2 is 1.82 bits per heavy atom. The number of likely N-dealkylation sites (N-methyl/N-ethyl adjacent to an activating group) is 1. The zero-order valence-electron chi connectivity index (χ0n) is 13.4. The molecule has 0 unspecified atom stereocenters. The van der Waals surface area contributed by atoms with E-state index in [0.29, 0.717) is 13.0 Å². The first kappa shape index (κ1) is 24.7. The molecule has 9 heteroatoms. The Labute approximate surface area is 131 Å². The second-order valence-electron chi connectivity index (χ2n) is 3.68. The first-order valence-corrected chi connectivity index (χ1v) is 6.42. The van der Waals surface area contributed by atoms with Gasteiger partial charge in [0.1, 0.15) is 6.29 Å². The SMILES string of the molecule is CN(/C=C/CCN)C(=N)C(=O)NCCC=O.COC.NC=O. The van der Waals surface area contributed by atoms with Crippen molar-refractivity contribution in [3.8, 4) is 0 Å². The summed E-state index contributed by atoms with van der Waals surface area (Å²) in [7, 11) is 4.86. The molecule has 0 bridgehead atoms. The summed E-state index contributed by atoms with van der Waals surface area (Å²) in [5.74, 6) is -0.666. The minimum atomic E-state index is -0.498. The van der Waals surface area contributed by atoms with Gasteiger partial charge in [0, 0.05) is 40.4 Å². The molecule has 0 atom stereocenters. The lowest BCUT2D eigenvalue weighted by Crippen LogP contribution is -2.38. The third kappa shape index (κ3) is 20.1. The van der Waals surface area contributed by atoms with Crippen molar-refractivity contribution in [3.05, 3.63) is 12.3 Å². The van der Waals surface area contributed by atoms with Crippen LogP contribution in [0.1, 0.15) is 12.8 Å². The number of rotatable bonds is 6. The second-order valence-corrected chi connectivity index (χ2v) is 3.68. The second kappa shape index (κ2) is 21.0. The molecule has 9 nitrogen and oxygen atoms in total. The number of primary amides is 1. The maximum atomic E-state index is 11.3. The fourth-order valence-corrected chi connectivity index (χ4v) is 0.892. The highest BCUT2D eigenvalue weighted by Gasteiger charge is 2.10. The number of nitrogens with one attached hydrogen (secondary N) is 2. The van der Waals surface area contributed by atoms with E-state index in [2.05, 4.69) is 15.8 Å². The van der Waals surface area contributed by atoms with Crippen molar-refractivity contribution >= 4 is 24.4 Å². The molecule has 0 fully saturated rings. The van der Waals surface area contributed by atoms with Crippen molar-refractivity contribution in [2.45, 2.75) is 12.8 Å². The highest BCUT2D eigenvalue weighted by Crippen LogP contribution is 1.89. The maximum absolute atomic E-state index is 11.3. The maximum Gasteiger partial charge on any atom is 0.286 e. The third-order valence-corrected chi connectivity index (χ3v) is 1.78. The van der Waals surface area contributed by atoms with Crippen molar-refractivity contribution in [1.82, 2.24) is 10.2 Å². The van der Waals surface area contributed by atoms with Gasteiger partial charge in [-0.05, 0) is 13.0 Å². The molecule has 0 radical (unpaired) electrons. The third-order valence-electron chi connectivity index (χ3n) is 1.78. The molecule has 0 saturated carbocycles. The summed E-state index contributed by atoms with van der Waals surface area (Å²) < 4.78 is 4.25. The van der Waals surface area contributed by atoms with Gasteiger partial charge < -0.3 is 31.2 Å². The lowest BCUT2D eigenvalue weighted by atomic mass is 10.4. The van der Waals surface area contributed by atoms with E-state index in [1.165, 1.54) is 4.90 Å². The average molecular weight is 317 g/mol. The van der Waals surface area contributed by atoms with Gasteiger partial charge in [-0.25, -0.2) is 0 Å². The first-order valence-electron chi connectivity index (χ1n) is 6.42. The average Bonchev–Trinajstić information content (AvgIpc) is 2.48. The molecule has 0 rings (SSSR count). The van der Waals surface area contributed by atoms with E-state index in [1.54, 1.807) is 33.5 Å². The Morgan fingerprint density at radius 3 is 2.23 bits per heavy atom. The van der Waals surface area contributed by atoms with Gasteiger partial charge in [0.05, 0.1) is 0 Å². The fraction of sp³-hybridized carbons (Fsp3) is 0.538. The number of hydrogen-bond acceptors (Lipinski definition) is 6. The van der Waals surface area contributed by atoms with Crippen LogP contribution in [0.15, 0.2) is 12.3 Å². The number of methoxy groups -OCH3 is 1. The van der Waals surface area contributed by atoms with Crippen molar-refractivity contribution in [2.75, 3.05) is 34.4 Å². The molecule has 22 heavy (non-hydrogen) atoms. The van der Waals surface area contributed by atoms with Crippen molar-refractivity contribution in [1.29, 1.82) is 5.41 Å². The van der Waals surface area contributed by atoms with Crippen LogP contribution in [0.25, 0.3) is 0 Å². The van der Waals surface area contributed by atoms with Crippen LogP contribution in [0.2, 0.25) is 0 Å². The number of nitrogens with two attached hydrogens (primary N) is 2. The Morgan fingerprint density at radius 1 is 1.32 bits per heavy atom. The van der Waals surface area contributed by atoms with E-state index in [4.69, 9.17) is 15.9 Å². The lowest BCUT2D eigenvalue weighted by molar-refractivity contribution is -0.115. The number of nitrogens with zero attached hydrogens (tertiary/aromatic N) is 1. The summed E-state index contributed by atoms with van der Waals surface area (Å²) in [5.41, 5.74) is 9.46. The smallest absolute Gasteiger partial charge is 0.286 e. The molecule has 0 aromatic carbocycles. The predicted octanol–water partition coefficient (Wildman–Crippen LogP) is -1.17. The monoisotopic (exact) mass is 317 g/mol. The minimum Gasteiger partial charge on any atom is -0.388 e. The molecular formula is C13H27N5O4. The van der Waals surface area contributed by atoms with E-state index in [-0.39, 0.29) is 25.2 Å². The summed E-state index contributed by atoms with van der Waals surface area (Å²) in [5, 5.41) is 9.97. The number of amides is 2. The lowest BCUT2D eigenvalue weighted by Gasteiger charge is -2.14. The summed E-state index contributed by atoms with van der Waals surface area (Å²) in [4.78, 5) is 31.3. The van der Waals surface area contributed by atoms with Gasteiger partial charge in [0.25, 0.3) is 5.91 Å². The molecule has 128 valence electrons. The number of aldehydes is 1. The van der Waals surface area contributed by atoms with E-state index < -0.39 is 5.91 Å². The van der Waals surface area contributed by atoms with Gasteiger partial charge in [-0.15, -0.1) is 0 Å². The van der Waals surface area contributed by atoms with E-state index >= 15 is 0 Å². The van der Waals surface area contributed by atoms with Crippen molar-refractivity contribution < 1.29 is 19.1 Å². The van der Waals surface area contributed by atoms with Crippen LogP contribution < -0.4 is 16.8 Å². The Kier molecular flexibility index (Phi) is 23.7. The number of amidine groups is 1. The highest BCUT2D eigenvalue weighted by molar-refractivity contribution is 6.36. The number of hydrogen-bond donors (Lipinski definition) is 4. The summed E-state index contributed by atoms with van der Waals surface area (Å²) in [6, 6.07) is 0. The quantitative estimate of drug-likeness (QED) is 0.210.